The molecule has 1 saturated heterocycles. The molecule has 0 radical (unpaired) electrons. The van der Waals surface area contributed by atoms with E-state index in [9.17, 15) is 9.59 Å². The number of nitrogens with zero attached hydrogens (tertiary/aromatic N) is 4. The Bertz CT molecular complexity index is 1140. The van der Waals surface area contributed by atoms with E-state index in [1.807, 2.05) is 6.07 Å². The van der Waals surface area contributed by atoms with E-state index in [2.05, 4.69) is 15.4 Å². The second kappa shape index (κ2) is 6.31. The molecule has 1 aliphatic heterocycles. The lowest BCUT2D eigenvalue weighted by Gasteiger charge is -2.21. The number of aryl methyl sites for hydroxylation is 2. The molecular formula is C19H19N5O3. The number of pyridine rings is 1. The fourth-order valence-corrected chi connectivity index (χ4v) is 3.89. The van der Waals surface area contributed by atoms with Crippen LogP contribution in [-0.2, 0) is 17.6 Å². The first-order chi connectivity index (χ1) is 13.2. The van der Waals surface area contributed by atoms with Crippen molar-refractivity contribution in [3.63, 3.8) is 0 Å². The molecule has 1 fully saturated rings. The van der Waals surface area contributed by atoms with Crippen LogP contribution in [0.5, 0.6) is 0 Å². The van der Waals surface area contributed by atoms with Crippen LogP contribution in [0, 0.1) is 0 Å². The molecule has 0 amide bonds. The molecule has 0 saturated carbocycles. The molecule has 2 aliphatic rings. The molecule has 3 aromatic heterocycles. The lowest BCUT2D eigenvalue weighted by Crippen LogP contribution is -2.38. The van der Waals surface area contributed by atoms with E-state index < -0.39 is 0 Å². The highest BCUT2D eigenvalue weighted by Gasteiger charge is 2.32. The third-order valence-electron chi connectivity index (χ3n) is 5.25. The quantitative estimate of drug-likeness (QED) is 0.738. The van der Waals surface area contributed by atoms with Crippen molar-refractivity contribution in [1.82, 2.24) is 19.2 Å². The fourth-order valence-electron chi connectivity index (χ4n) is 3.89. The van der Waals surface area contributed by atoms with Gasteiger partial charge in [-0.2, -0.15) is 5.10 Å². The molecule has 0 aromatic carbocycles. The molecule has 8 heteroatoms. The van der Waals surface area contributed by atoms with Gasteiger partial charge in [-0.25, -0.2) is 9.67 Å². The second-order valence-corrected chi connectivity index (χ2v) is 7.02. The number of rotatable bonds is 3. The van der Waals surface area contributed by atoms with Crippen LogP contribution in [0.2, 0.25) is 0 Å². The predicted molar refractivity (Wildman–Crippen MR) is 99.3 cm³/mol. The zero-order valence-electron chi connectivity index (χ0n) is 14.7. The molecule has 2 atom stereocenters. The van der Waals surface area contributed by atoms with Gasteiger partial charge in [0.15, 0.2) is 0 Å². The van der Waals surface area contributed by atoms with E-state index in [1.165, 1.54) is 15.1 Å². The first-order valence-corrected chi connectivity index (χ1v) is 9.13. The maximum Gasteiger partial charge on any atom is 0.267 e. The zero-order chi connectivity index (χ0) is 18.4. The van der Waals surface area contributed by atoms with E-state index in [-0.39, 0.29) is 23.2 Å². The summed E-state index contributed by atoms with van der Waals surface area (Å²) in [5, 5.41) is 7.86. The molecular weight excluding hydrogens is 346 g/mol. The molecule has 1 aliphatic carbocycles. The van der Waals surface area contributed by atoms with Gasteiger partial charge in [0.05, 0.1) is 24.9 Å². The number of nitrogens with one attached hydrogen (secondary N) is 1. The highest BCUT2D eigenvalue weighted by atomic mass is 16.5. The minimum absolute atomic E-state index is 0.107. The standard InChI is InChI=1S/C19H19N5O3/c25-18-9-16(21-17-6-1-2-7-23(17)18)20-14-10-27-11-15(14)24-19(26)8-12-4-3-5-13(12)22-24/h1-2,6-9,14-15,20H,3-5,10-11H2. The van der Waals surface area contributed by atoms with E-state index in [0.29, 0.717) is 24.7 Å². The van der Waals surface area contributed by atoms with Crippen LogP contribution in [0.15, 0.2) is 46.1 Å². The van der Waals surface area contributed by atoms with E-state index in [1.54, 1.807) is 24.4 Å². The van der Waals surface area contributed by atoms with Crippen molar-refractivity contribution in [3.8, 4) is 0 Å². The van der Waals surface area contributed by atoms with Gasteiger partial charge in [0.1, 0.15) is 17.5 Å². The summed E-state index contributed by atoms with van der Waals surface area (Å²) >= 11 is 0. The first-order valence-electron chi connectivity index (χ1n) is 9.13. The van der Waals surface area contributed by atoms with Gasteiger partial charge >= 0.3 is 0 Å². The summed E-state index contributed by atoms with van der Waals surface area (Å²) in [6, 6.07) is 8.14. The van der Waals surface area contributed by atoms with E-state index in [4.69, 9.17) is 4.74 Å². The Labute approximate surface area is 154 Å². The Morgan fingerprint density at radius 1 is 1.11 bits per heavy atom. The second-order valence-electron chi connectivity index (χ2n) is 7.02. The number of fused-ring (bicyclic) bond motifs is 2. The fraction of sp³-hybridized carbons (Fsp3) is 0.368. The molecule has 138 valence electrons. The van der Waals surface area contributed by atoms with Gasteiger partial charge in [0, 0.05) is 18.3 Å². The normalized spacial score (nSPS) is 21.5. The van der Waals surface area contributed by atoms with Gasteiger partial charge in [-0.15, -0.1) is 0 Å². The summed E-state index contributed by atoms with van der Waals surface area (Å²) in [6.07, 6.45) is 4.56. The Morgan fingerprint density at radius 3 is 2.96 bits per heavy atom. The first kappa shape index (κ1) is 16.2. The summed E-state index contributed by atoms with van der Waals surface area (Å²) < 4.78 is 8.63. The number of hydrogen-bond acceptors (Lipinski definition) is 6. The van der Waals surface area contributed by atoms with Gasteiger partial charge < -0.3 is 10.1 Å². The van der Waals surface area contributed by atoms with Crippen molar-refractivity contribution >= 4 is 11.5 Å². The lowest BCUT2D eigenvalue weighted by atomic mass is 10.1. The van der Waals surface area contributed by atoms with Crippen molar-refractivity contribution in [2.45, 2.75) is 31.3 Å². The number of ether oxygens (including phenoxy) is 1. The van der Waals surface area contributed by atoms with Gasteiger partial charge in [-0.05, 0) is 37.0 Å². The largest absolute Gasteiger partial charge is 0.377 e. The molecule has 5 rings (SSSR count). The highest BCUT2D eigenvalue weighted by molar-refractivity contribution is 5.47. The highest BCUT2D eigenvalue weighted by Crippen LogP contribution is 2.23. The van der Waals surface area contributed by atoms with Crippen LogP contribution < -0.4 is 16.4 Å². The molecule has 4 heterocycles. The minimum atomic E-state index is -0.237. The van der Waals surface area contributed by atoms with Crippen molar-refractivity contribution in [2.24, 2.45) is 0 Å². The topological polar surface area (TPSA) is 90.5 Å². The third-order valence-corrected chi connectivity index (χ3v) is 5.25. The van der Waals surface area contributed by atoms with Crippen molar-refractivity contribution < 1.29 is 4.74 Å². The van der Waals surface area contributed by atoms with Crippen molar-refractivity contribution in [3.05, 3.63) is 68.5 Å². The maximum absolute atomic E-state index is 12.5. The Kier molecular flexibility index (Phi) is 3.78. The summed E-state index contributed by atoms with van der Waals surface area (Å²) in [6.45, 7) is 0.821. The van der Waals surface area contributed by atoms with Crippen LogP contribution in [-0.4, -0.2) is 38.4 Å². The predicted octanol–water partition coefficient (Wildman–Crippen LogP) is 0.792. The summed E-state index contributed by atoms with van der Waals surface area (Å²) in [5.74, 6) is 0.473. The molecule has 0 spiro atoms. The minimum Gasteiger partial charge on any atom is -0.377 e. The van der Waals surface area contributed by atoms with Gasteiger partial charge in [0.25, 0.3) is 11.1 Å². The molecule has 27 heavy (non-hydrogen) atoms. The van der Waals surface area contributed by atoms with Crippen LogP contribution >= 0.6 is 0 Å². The lowest BCUT2D eigenvalue weighted by molar-refractivity contribution is 0.182. The van der Waals surface area contributed by atoms with Gasteiger partial charge in [0.2, 0.25) is 0 Å². The number of aromatic nitrogens is 4. The van der Waals surface area contributed by atoms with Crippen LogP contribution in [0.1, 0.15) is 23.7 Å². The van der Waals surface area contributed by atoms with E-state index >= 15 is 0 Å². The van der Waals surface area contributed by atoms with Crippen LogP contribution in [0.25, 0.3) is 5.65 Å². The summed E-state index contributed by atoms with van der Waals surface area (Å²) in [4.78, 5) is 29.3. The third kappa shape index (κ3) is 2.82. The summed E-state index contributed by atoms with van der Waals surface area (Å²) in [5.41, 5.74) is 2.36. The number of anilines is 1. The molecule has 8 nitrogen and oxygen atoms in total. The van der Waals surface area contributed by atoms with Crippen LogP contribution in [0.3, 0.4) is 0 Å². The van der Waals surface area contributed by atoms with Crippen LogP contribution in [0.4, 0.5) is 5.82 Å². The molecule has 0 bridgehead atoms. The molecule has 2 unspecified atom stereocenters. The Balaban J connectivity index is 1.47. The average molecular weight is 365 g/mol. The monoisotopic (exact) mass is 365 g/mol. The Hall–Kier alpha value is -3.00. The Morgan fingerprint density at radius 2 is 2.04 bits per heavy atom. The maximum atomic E-state index is 12.5. The smallest absolute Gasteiger partial charge is 0.267 e. The van der Waals surface area contributed by atoms with Gasteiger partial charge in [-0.1, -0.05) is 6.07 Å². The average Bonchev–Trinajstić information content (AvgIpc) is 3.30. The zero-order valence-corrected chi connectivity index (χ0v) is 14.7. The van der Waals surface area contributed by atoms with Crippen molar-refractivity contribution in [2.75, 3.05) is 18.5 Å². The molecule has 1 N–H and O–H groups in total. The number of hydrogen-bond donors (Lipinski definition) is 1. The van der Waals surface area contributed by atoms with Gasteiger partial charge in [-0.3, -0.25) is 14.0 Å². The molecule has 3 aromatic rings. The summed E-state index contributed by atoms with van der Waals surface area (Å²) in [7, 11) is 0. The SMILES string of the molecule is O=c1cc2c(nn1C1COCC1Nc1cc(=O)n3ccccc3n1)CCC2. The van der Waals surface area contributed by atoms with E-state index in [0.717, 1.165) is 30.5 Å². The van der Waals surface area contributed by atoms with Crippen molar-refractivity contribution in [1.29, 1.82) is 0 Å².